The van der Waals surface area contributed by atoms with Crippen LogP contribution >= 0.6 is 11.3 Å². The van der Waals surface area contributed by atoms with E-state index >= 15 is 0 Å². The molecular formula is C19H27N5OS. The predicted octanol–water partition coefficient (Wildman–Crippen LogP) is 2.81. The number of aromatic nitrogens is 3. The van der Waals surface area contributed by atoms with Crippen LogP contribution in [0.4, 0.5) is 5.13 Å². The van der Waals surface area contributed by atoms with Gasteiger partial charge in [0.25, 0.3) is 0 Å². The first-order valence-corrected chi connectivity index (χ1v) is 9.78. The number of anilines is 1. The molecule has 0 atom stereocenters. The van der Waals surface area contributed by atoms with Gasteiger partial charge >= 0.3 is 5.69 Å². The van der Waals surface area contributed by atoms with Crippen LogP contribution in [-0.2, 0) is 27.2 Å². The Morgan fingerprint density at radius 1 is 1.08 bits per heavy atom. The lowest BCUT2D eigenvalue weighted by Crippen LogP contribution is -2.21. The van der Waals surface area contributed by atoms with Crippen molar-refractivity contribution in [2.45, 2.75) is 26.9 Å². The van der Waals surface area contributed by atoms with Crippen molar-refractivity contribution in [2.75, 3.05) is 25.0 Å². The Hall–Kier alpha value is -2.12. The molecule has 0 aliphatic heterocycles. The van der Waals surface area contributed by atoms with Gasteiger partial charge in [-0.2, -0.15) is 0 Å². The minimum Gasteiger partial charge on any atom is -0.349 e. The summed E-state index contributed by atoms with van der Waals surface area (Å²) in [6.07, 6.45) is 1.99. The summed E-state index contributed by atoms with van der Waals surface area (Å²) in [7, 11) is 5.75. The van der Waals surface area contributed by atoms with Crippen molar-refractivity contribution in [1.82, 2.24) is 19.0 Å². The van der Waals surface area contributed by atoms with E-state index in [1.807, 2.05) is 26.4 Å². The highest BCUT2D eigenvalue weighted by Gasteiger charge is 2.12. The number of hydrogen-bond acceptors (Lipinski definition) is 5. The molecule has 0 unspecified atom stereocenters. The fourth-order valence-electron chi connectivity index (χ4n) is 3.29. The predicted molar refractivity (Wildman–Crippen MR) is 109 cm³/mol. The van der Waals surface area contributed by atoms with Crippen LogP contribution in [0, 0.1) is 0 Å². The zero-order valence-corrected chi connectivity index (χ0v) is 17.0. The standard InChI is InChI=1S/C19H27N5OS/c1-6-24(7-2)18-20-11-15(26-18)13-21(3)12-14-8-9-16-17(10-14)23(5)19(25)22(16)4/h8-11H,6-7,12-13H2,1-5H3. The minimum atomic E-state index is 0.0131. The summed E-state index contributed by atoms with van der Waals surface area (Å²) in [6, 6.07) is 6.25. The molecule has 3 aromatic rings. The normalized spacial score (nSPS) is 11.6. The van der Waals surface area contributed by atoms with Crippen molar-refractivity contribution >= 4 is 27.5 Å². The van der Waals surface area contributed by atoms with Crippen LogP contribution in [0.3, 0.4) is 0 Å². The number of rotatable bonds is 7. The maximum absolute atomic E-state index is 12.1. The van der Waals surface area contributed by atoms with Crippen molar-refractivity contribution in [3.05, 3.63) is 45.3 Å². The number of aryl methyl sites for hydroxylation is 2. The fraction of sp³-hybridized carbons (Fsp3) is 0.474. The van der Waals surface area contributed by atoms with Crippen molar-refractivity contribution in [2.24, 2.45) is 14.1 Å². The molecule has 0 radical (unpaired) electrons. The summed E-state index contributed by atoms with van der Waals surface area (Å²) in [6.45, 7) is 7.97. The molecule has 140 valence electrons. The molecule has 26 heavy (non-hydrogen) atoms. The lowest BCUT2D eigenvalue weighted by Gasteiger charge is -2.17. The van der Waals surface area contributed by atoms with Gasteiger partial charge in [-0.05, 0) is 38.6 Å². The van der Waals surface area contributed by atoms with E-state index in [1.165, 1.54) is 10.4 Å². The Morgan fingerprint density at radius 2 is 1.77 bits per heavy atom. The molecule has 0 fully saturated rings. The molecule has 0 aliphatic rings. The van der Waals surface area contributed by atoms with Gasteiger partial charge in [-0.25, -0.2) is 9.78 Å². The topological polar surface area (TPSA) is 46.3 Å². The second-order valence-corrected chi connectivity index (χ2v) is 7.77. The van der Waals surface area contributed by atoms with Gasteiger partial charge in [-0.3, -0.25) is 14.0 Å². The van der Waals surface area contributed by atoms with E-state index in [9.17, 15) is 4.79 Å². The summed E-state index contributed by atoms with van der Waals surface area (Å²) in [5.41, 5.74) is 3.16. The summed E-state index contributed by atoms with van der Waals surface area (Å²) in [4.78, 5) is 22.5. The zero-order valence-electron chi connectivity index (χ0n) is 16.2. The Bertz CT molecular complexity index is 951. The highest BCUT2D eigenvalue weighted by Crippen LogP contribution is 2.24. The van der Waals surface area contributed by atoms with E-state index in [2.05, 4.69) is 47.8 Å². The Kier molecular flexibility index (Phi) is 5.48. The second-order valence-electron chi connectivity index (χ2n) is 6.68. The Balaban J connectivity index is 1.72. The Morgan fingerprint density at radius 3 is 2.46 bits per heavy atom. The third kappa shape index (κ3) is 3.54. The number of benzene rings is 1. The largest absolute Gasteiger partial charge is 0.349 e. The van der Waals surface area contributed by atoms with Crippen molar-refractivity contribution in [3.8, 4) is 0 Å². The van der Waals surface area contributed by atoms with E-state index in [-0.39, 0.29) is 5.69 Å². The minimum absolute atomic E-state index is 0.0131. The Labute approximate surface area is 158 Å². The molecule has 0 amide bonds. The molecule has 6 nitrogen and oxygen atoms in total. The van der Waals surface area contributed by atoms with Crippen molar-refractivity contribution in [3.63, 3.8) is 0 Å². The van der Waals surface area contributed by atoms with E-state index in [1.54, 1.807) is 20.5 Å². The molecule has 0 saturated heterocycles. The third-order valence-electron chi connectivity index (χ3n) is 4.79. The van der Waals surface area contributed by atoms with Gasteiger partial charge in [-0.1, -0.05) is 6.07 Å². The van der Waals surface area contributed by atoms with E-state index < -0.39 is 0 Å². The van der Waals surface area contributed by atoms with Gasteiger partial charge < -0.3 is 4.90 Å². The quantitative estimate of drug-likeness (QED) is 0.639. The van der Waals surface area contributed by atoms with Crippen LogP contribution in [0.2, 0.25) is 0 Å². The molecular weight excluding hydrogens is 346 g/mol. The van der Waals surface area contributed by atoms with Gasteiger partial charge in [0.05, 0.1) is 11.0 Å². The first kappa shape index (κ1) is 18.7. The van der Waals surface area contributed by atoms with Crippen LogP contribution in [0.25, 0.3) is 11.0 Å². The van der Waals surface area contributed by atoms with Crippen LogP contribution in [0.1, 0.15) is 24.3 Å². The highest BCUT2D eigenvalue weighted by molar-refractivity contribution is 7.15. The number of fused-ring (bicyclic) bond motifs is 1. The third-order valence-corrected chi connectivity index (χ3v) is 5.83. The molecule has 0 bridgehead atoms. The molecule has 0 spiro atoms. The fourth-order valence-corrected chi connectivity index (χ4v) is 4.41. The van der Waals surface area contributed by atoms with Gasteiger partial charge in [0.1, 0.15) is 0 Å². The lowest BCUT2D eigenvalue weighted by molar-refractivity contribution is 0.322. The lowest BCUT2D eigenvalue weighted by atomic mass is 10.2. The van der Waals surface area contributed by atoms with Gasteiger partial charge in [0.2, 0.25) is 0 Å². The monoisotopic (exact) mass is 373 g/mol. The molecule has 0 N–H and O–H groups in total. The molecule has 2 aromatic heterocycles. The second kappa shape index (κ2) is 7.63. The molecule has 0 aliphatic carbocycles. The number of nitrogens with zero attached hydrogens (tertiary/aromatic N) is 5. The van der Waals surface area contributed by atoms with Crippen LogP contribution in [-0.4, -0.2) is 39.2 Å². The first-order chi connectivity index (χ1) is 12.4. The van der Waals surface area contributed by atoms with E-state index in [0.717, 1.165) is 42.3 Å². The van der Waals surface area contributed by atoms with Gasteiger partial charge in [0, 0.05) is 51.3 Å². The van der Waals surface area contributed by atoms with Gasteiger partial charge in [0.15, 0.2) is 5.13 Å². The molecule has 0 saturated carbocycles. The summed E-state index contributed by atoms with van der Waals surface area (Å²) in [5.74, 6) is 0. The number of thiazole rings is 1. The summed E-state index contributed by atoms with van der Waals surface area (Å²) >= 11 is 1.76. The van der Waals surface area contributed by atoms with Crippen LogP contribution in [0.15, 0.2) is 29.2 Å². The number of imidazole rings is 1. The number of hydrogen-bond donors (Lipinski definition) is 0. The highest BCUT2D eigenvalue weighted by atomic mass is 32.1. The maximum Gasteiger partial charge on any atom is 0.328 e. The van der Waals surface area contributed by atoms with Crippen molar-refractivity contribution in [1.29, 1.82) is 0 Å². The average molecular weight is 374 g/mol. The summed E-state index contributed by atoms with van der Waals surface area (Å²) in [5, 5.41) is 1.10. The van der Waals surface area contributed by atoms with E-state index in [0.29, 0.717) is 0 Å². The van der Waals surface area contributed by atoms with Crippen molar-refractivity contribution < 1.29 is 0 Å². The SMILES string of the molecule is CCN(CC)c1ncc(CN(C)Cc2ccc3c(c2)n(C)c(=O)n3C)s1. The zero-order chi connectivity index (χ0) is 18.8. The average Bonchev–Trinajstić information content (AvgIpc) is 3.16. The maximum atomic E-state index is 12.1. The van der Waals surface area contributed by atoms with Gasteiger partial charge in [-0.15, -0.1) is 11.3 Å². The molecule has 2 heterocycles. The van der Waals surface area contributed by atoms with Crippen LogP contribution in [0.5, 0.6) is 0 Å². The van der Waals surface area contributed by atoms with E-state index in [4.69, 9.17) is 0 Å². The smallest absolute Gasteiger partial charge is 0.328 e. The molecule has 7 heteroatoms. The van der Waals surface area contributed by atoms with Crippen LogP contribution < -0.4 is 10.6 Å². The first-order valence-electron chi connectivity index (χ1n) is 8.97. The molecule has 1 aromatic carbocycles. The molecule has 3 rings (SSSR count). The summed E-state index contributed by atoms with van der Waals surface area (Å²) < 4.78 is 3.40.